The van der Waals surface area contributed by atoms with Gasteiger partial charge in [-0.3, -0.25) is 19.7 Å². The van der Waals surface area contributed by atoms with Gasteiger partial charge in [0.25, 0.3) is 0 Å². The van der Waals surface area contributed by atoms with Crippen LogP contribution in [0.3, 0.4) is 0 Å². The highest BCUT2D eigenvalue weighted by atomic mass is 79.9. The van der Waals surface area contributed by atoms with Crippen LogP contribution in [0.1, 0.15) is 50.0 Å². The van der Waals surface area contributed by atoms with E-state index in [1.165, 1.54) is 0 Å². The van der Waals surface area contributed by atoms with Crippen LogP contribution in [0.15, 0.2) is 24.3 Å². The summed E-state index contributed by atoms with van der Waals surface area (Å²) in [6, 6.07) is 7.30. The van der Waals surface area contributed by atoms with Crippen LogP contribution < -0.4 is 10.6 Å². The normalized spacial score (nSPS) is 17.7. The molecular formula is C17H21BrN2O3. The van der Waals surface area contributed by atoms with Crippen molar-refractivity contribution in [3.8, 4) is 0 Å². The average Bonchev–Trinajstić information content (AvgIpc) is 2.52. The van der Waals surface area contributed by atoms with Gasteiger partial charge in [-0.1, -0.05) is 34.5 Å². The third-order valence-corrected chi connectivity index (χ3v) is 4.41. The summed E-state index contributed by atoms with van der Waals surface area (Å²) in [5.74, 6) is -0.831. The number of rotatable bonds is 7. The van der Waals surface area contributed by atoms with Crippen molar-refractivity contribution in [3.63, 3.8) is 0 Å². The molecule has 23 heavy (non-hydrogen) atoms. The zero-order valence-corrected chi connectivity index (χ0v) is 14.5. The topological polar surface area (TPSA) is 75.3 Å². The van der Waals surface area contributed by atoms with Crippen LogP contribution in [0.4, 0.5) is 5.69 Å². The Morgan fingerprint density at radius 1 is 1.26 bits per heavy atom. The molecule has 1 unspecified atom stereocenters. The Morgan fingerprint density at radius 3 is 2.83 bits per heavy atom. The van der Waals surface area contributed by atoms with Crippen molar-refractivity contribution in [3.05, 3.63) is 29.8 Å². The summed E-state index contributed by atoms with van der Waals surface area (Å²) < 4.78 is 0. The van der Waals surface area contributed by atoms with Crippen LogP contribution in [0.5, 0.6) is 0 Å². The summed E-state index contributed by atoms with van der Waals surface area (Å²) in [7, 11) is 0. The number of hydrogen-bond acceptors (Lipinski definition) is 3. The lowest BCUT2D eigenvalue weighted by atomic mass is 9.90. The van der Waals surface area contributed by atoms with Gasteiger partial charge in [-0.2, -0.15) is 0 Å². The third kappa shape index (κ3) is 5.46. The molecule has 1 aliphatic heterocycles. The van der Waals surface area contributed by atoms with Gasteiger partial charge in [0.1, 0.15) is 0 Å². The number of alkyl halides is 1. The number of carbonyl (C=O) groups is 3. The summed E-state index contributed by atoms with van der Waals surface area (Å²) in [5.41, 5.74) is 1.52. The van der Waals surface area contributed by atoms with Crippen LogP contribution in [-0.4, -0.2) is 23.1 Å². The first-order valence-electron chi connectivity index (χ1n) is 7.89. The van der Waals surface area contributed by atoms with Crippen molar-refractivity contribution >= 4 is 39.3 Å². The van der Waals surface area contributed by atoms with Crippen molar-refractivity contribution < 1.29 is 14.4 Å². The largest absolute Gasteiger partial charge is 0.326 e. The van der Waals surface area contributed by atoms with Gasteiger partial charge in [-0.05, 0) is 37.0 Å². The zero-order chi connectivity index (χ0) is 16.7. The summed E-state index contributed by atoms with van der Waals surface area (Å²) in [6.07, 6.45) is 4.31. The van der Waals surface area contributed by atoms with Gasteiger partial charge in [0, 0.05) is 23.9 Å². The second-order valence-corrected chi connectivity index (χ2v) is 6.47. The fourth-order valence-corrected chi connectivity index (χ4v) is 3.02. The van der Waals surface area contributed by atoms with E-state index in [4.69, 9.17) is 0 Å². The molecule has 5 nitrogen and oxygen atoms in total. The summed E-state index contributed by atoms with van der Waals surface area (Å²) in [6.45, 7) is 0. The van der Waals surface area contributed by atoms with E-state index in [2.05, 4.69) is 26.6 Å². The van der Waals surface area contributed by atoms with E-state index in [9.17, 15) is 14.4 Å². The molecule has 1 atom stereocenters. The molecule has 124 valence electrons. The molecule has 1 aromatic rings. The van der Waals surface area contributed by atoms with Crippen LogP contribution in [0, 0.1) is 0 Å². The van der Waals surface area contributed by atoms with E-state index in [0.717, 1.165) is 30.2 Å². The smallest absolute Gasteiger partial charge is 0.234 e. The maximum atomic E-state index is 11.9. The molecular weight excluding hydrogens is 360 g/mol. The number of hydrogen-bond donors (Lipinski definition) is 2. The first-order valence-corrected chi connectivity index (χ1v) is 9.02. The minimum absolute atomic E-state index is 0.0139. The van der Waals surface area contributed by atoms with Gasteiger partial charge in [0.2, 0.25) is 17.7 Å². The number of nitrogens with one attached hydrogen (secondary N) is 2. The minimum atomic E-state index is -0.330. The maximum Gasteiger partial charge on any atom is 0.234 e. The first kappa shape index (κ1) is 17.7. The molecule has 0 radical (unpaired) electrons. The molecule has 1 saturated heterocycles. The number of imide groups is 1. The van der Waals surface area contributed by atoms with Crippen LogP contribution in [0.25, 0.3) is 0 Å². The van der Waals surface area contributed by atoms with Crippen molar-refractivity contribution in [2.24, 2.45) is 0 Å². The molecule has 0 bridgehead atoms. The molecule has 0 spiro atoms. The lowest BCUT2D eigenvalue weighted by Crippen LogP contribution is -2.39. The average molecular weight is 381 g/mol. The van der Waals surface area contributed by atoms with Gasteiger partial charge in [-0.15, -0.1) is 0 Å². The highest BCUT2D eigenvalue weighted by molar-refractivity contribution is 9.09. The van der Waals surface area contributed by atoms with E-state index in [-0.39, 0.29) is 23.6 Å². The highest BCUT2D eigenvalue weighted by Crippen LogP contribution is 2.26. The number of anilines is 1. The standard InChI is InChI=1S/C17H21BrN2O3/c18-10-3-1-2-7-15(21)19-13-6-4-5-12(11-13)14-8-9-16(22)20-17(14)23/h4-6,11,14H,1-3,7-10H2,(H,19,21)(H,20,22,23). The fourth-order valence-electron chi connectivity index (χ4n) is 2.63. The summed E-state index contributed by atoms with van der Waals surface area (Å²) in [5, 5.41) is 6.19. The predicted molar refractivity (Wildman–Crippen MR) is 92.5 cm³/mol. The van der Waals surface area contributed by atoms with E-state index >= 15 is 0 Å². The molecule has 0 aromatic heterocycles. The van der Waals surface area contributed by atoms with Crippen molar-refractivity contribution in [2.75, 3.05) is 10.6 Å². The lowest BCUT2D eigenvalue weighted by molar-refractivity contribution is -0.134. The van der Waals surface area contributed by atoms with Gasteiger partial charge < -0.3 is 5.32 Å². The molecule has 6 heteroatoms. The summed E-state index contributed by atoms with van der Waals surface area (Å²) >= 11 is 3.37. The Morgan fingerprint density at radius 2 is 2.09 bits per heavy atom. The third-order valence-electron chi connectivity index (χ3n) is 3.85. The number of amides is 3. The molecule has 3 amide bonds. The molecule has 1 heterocycles. The zero-order valence-electron chi connectivity index (χ0n) is 12.9. The molecule has 1 fully saturated rings. The minimum Gasteiger partial charge on any atom is -0.326 e. The monoisotopic (exact) mass is 380 g/mol. The first-order chi connectivity index (χ1) is 11.1. The van der Waals surface area contributed by atoms with Crippen LogP contribution >= 0.6 is 15.9 Å². The molecule has 2 N–H and O–H groups in total. The number of halogens is 1. The van der Waals surface area contributed by atoms with Gasteiger partial charge in [0.05, 0.1) is 5.92 Å². The Bertz CT molecular complexity index is 589. The predicted octanol–water partition coefficient (Wildman–Crippen LogP) is 3.10. The van der Waals surface area contributed by atoms with E-state index in [1.54, 1.807) is 0 Å². The Labute approximate surface area is 144 Å². The second-order valence-electron chi connectivity index (χ2n) is 5.68. The number of benzene rings is 1. The Hall–Kier alpha value is -1.69. The van der Waals surface area contributed by atoms with Crippen LogP contribution in [-0.2, 0) is 14.4 Å². The van der Waals surface area contributed by atoms with Gasteiger partial charge in [-0.25, -0.2) is 0 Å². The van der Waals surface area contributed by atoms with E-state index in [0.29, 0.717) is 24.9 Å². The number of unbranched alkanes of at least 4 members (excludes halogenated alkanes) is 2. The lowest BCUT2D eigenvalue weighted by Gasteiger charge is -2.21. The highest BCUT2D eigenvalue weighted by Gasteiger charge is 2.27. The Balaban J connectivity index is 1.93. The van der Waals surface area contributed by atoms with Crippen molar-refractivity contribution in [1.82, 2.24) is 5.32 Å². The second kappa shape index (κ2) is 8.82. The van der Waals surface area contributed by atoms with Crippen molar-refractivity contribution in [1.29, 1.82) is 0 Å². The number of carbonyl (C=O) groups excluding carboxylic acids is 3. The summed E-state index contributed by atoms with van der Waals surface area (Å²) in [4.78, 5) is 35.1. The molecule has 2 rings (SSSR count). The number of piperidine rings is 1. The molecule has 0 saturated carbocycles. The van der Waals surface area contributed by atoms with Gasteiger partial charge >= 0.3 is 0 Å². The Kier molecular flexibility index (Phi) is 6.77. The molecule has 1 aromatic carbocycles. The van der Waals surface area contributed by atoms with E-state index in [1.807, 2.05) is 24.3 Å². The van der Waals surface area contributed by atoms with E-state index < -0.39 is 0 Å². The fraction of sp³-hybridized carbons (Fsp3) is 0.471. The van der Waals surface area contributed by atoms with Crippen molar-refractivity contribution in [2.45, 2.75) is 44.4 Å². The molecule has 0 aliphatic carbocycles. The quantitative estimate of drug-likeness (QED) is 0.433. The maximum absolute atomic E-state index is 11.9. The SMILES string of the molecule is O=C1CCC(c2cccc(NC(=O)CCCCCBr)c2)C(=O)N1. The van der Waals surface area contributed by atoms with Gasteiger partial charge in [0.15, 0.2) is 0 Å². The molecule has 1 aliphatic rings. The van der Waals surface area contributed by atoms with Crippen LogP contribution in [0.2, 0.25) is 0 Å².